The van der Waals surface area contributed by atoms with E-state index in [1.54, 1.807) is 0 Å². The summed E-state index contributed by atoms with van der Waals surface area (Å²) in [6.45, 7) is 3.97. The lowest BCUT2D eigenvalue weighted by atomic mass is 10.2. The van der Waals surface area contributed by atoms with Gasteiger partial charge in [0.2, 0.25) is 15.5 Å². The summed E-state index contributed by atoms with van der Waals surface area (Å²) in [4.78, 5) is 16.5. The molecular weight excluding hydrogens is 294 g/mol. The van der Waals surface area contributed by atoms with Gasteiger partial charge < -0.3 is 9.72 Å². The number of hydrogen-bond donors (Lipinski definition) is 1. The van der Waals surface area contributed by atoms with E-state index in [-0.39, 0.29) is 10.9 Å². The summed E-state index contributed by atoms with van der Waals surface area (Å²) in [5.74, 6) is 0. The molecule has 2 aliphatic rings. The minimum atomic E-state index is -3.71. The molecule has 0 aliphatic carbocycles. The lowest BCUT2D eigenvalue weighted by molar-refractivity contribution is 0.0197. The van der Waals surface area contributed by atoms with Crippen LogP contribution in [0.4, 0.5) is 0 Å². The minimum absolute atomic E-state index is 0.173. The van der Waals surface area contributed by atoms with E-state index in [0.717, 1.165) is 19.5 Å². The molecule has 0 amide bonds. The van der Waals surface area contributed by atoms with Gasteiger partial charge >= 0.3 is 0 Å². The minimum Gasteiger partial charge on any atom is -0.379 e. The molecule has 0 bridgehead atoms. The SMILES string of the molecule is O=c1cc[nH]cc1S(=O)(=O)N1CCC(N2CCOCC2)C1. The number of rotatable bonds is 3. The lowest BCUT2D eigenvalue weighted by Crippen LogP contribution is -2.45. The van der Waals surface area contributed by atoms with Gasteiger partial charge in [-0.2, -0.15) is 4.31 Å². The van der Waals surface area contributed by atoms with Crippen LogP contribution in [-0.4, -0.2) is 68.0 Å². The highest BCUT2D eigenvalue weighted by molar-refractivity contribution is 7.89. The van der Waals surface area contributed by atoms with Crippen molar-refractivity contribution in [2.24, 2.45) is 0 Å². The van der Waals surface area contributed by atoms with Crippen molar-refractivity contribution < 1.29 is 13.2 Å². The molecule has 0 saturated carbocycles. The summed E-state index contributed by atoms with van der Waals surface area (Å²) in [5, 5.41) is 0. The van der Waals surface area contributed by atoms with Gasteiger partial charge in [0.1, 0.15) is 4.90 Å². The number of sulfonamides is 1. The van der Waals surface area contributed by atoms with Crippen LogP contribution in [0, 0.1) is 0 Å². The normalized spacial score (nSPS) is 25.2. The molecule has 116 valence electrons. The smallest absolute Gasteiger partial charge is 0.248 e. The summed E-state index contributed by atoms with van der Waals surface area (Å²) in [6.07, 6.45) is 3.49. The van der Waals surface area contributed by atoms with Gasteiger partial charge in [0.25, 0.3) is 0 Å². The van der Waals surface area contributed by atoms with Gasteiger partial charge in [-0.25, -0.2) is 8.42 Å². The average Bonchev–Trinajstić information content (AvgIpc) is 2.99. The van der Waals surface area contributed by atoms with E-state index in [4.69, 9.17) is 4.74 Å². The van der Waals surface area contributed by atoms with Crippen LogP contribution in [0.15, 0.2) is 28.2 Å². The zero-order valence-corrected chi connectivity index (χ0v) is 12.5. The van der Waals surface area contributed by atoms with Gasteiger partial charge in [0.15, 0.2) is 0 Å². The molecule has 1 atom stereocenters. The van der Waals surface area contributed by atoms with Crippen LogP contribution in [0.2, 0.25) is 0 Å². The van der Waals surface area contributed by atoms with E-state index >= 15 is 0 Å². The molecule has 2 fully saturated rings. The Balaban J connectivity index is 1.76. The van der Waals surface area contributed by atoms with Gasteiger partial charge in [-0.1, -0.05) is 0 Å². The number of hydrogen-bond acceptors (Lipinski definition) is 5. The molecule has 7 nitrogen and oxygen atoms in total. The fourth-order valence-electron chi connectivity index (χ4n) is 2.91. The summed E-state index contributed by atoms with van der Waals surface area (Å²) in [6, 6.07) is 1.45. The van der Waals surface area contributed by atoms with Crippen molar-refractivity contribution in [2.75, 3.05) is 39.4 Å². The molecule has 2 saturated heterocycles. The van der Waals surface area contributed by atoms with Crippen LogP contribution in [0.5, 0.6) is 0 Å². The number of H-pyrrole nitrogens is 1. The summed E-state index contributed by atoms with van der Waals surface area (Å²) >= 11 is 0. The molecule has 8 heteroatoms. The molecule has 3 rings (SSSR count). The fourth-order valence-corrected chi connectivity index (χ4v) is 4.44. The molecular formula is C13H19N3O4S. The summed E-state index contributed by atoms with van der Waals surface area (Å²) in [7, 11) is -3.71. The van der Waals surface area contributed by atoms with Crippen LogP contribution >= 0.6 is 0 Å². The van der Waals surface area contributed by atoms with Gasteiger partial charge in [-0.05, 0) is 6.42 Å². The number of nitrogens with one attached hydrogen (secondary N) is 1. The van der Waals surface area contributed by atoms with Gasteiger partial charge in [-0.15, -0.1) is 0 Å². The zero-order valence-electron chi connectivity index (χ0n) is 11.7. The number of pyridine rings is 1. The second-order valence-corrected chi connectivity index (χ2v) is 7.23. The van der Waals surface area contributed by atoms with E-state index < -0.39 is 15.5 Å². The van der Waals surface area contributed by atoms with Crippen molar-refractivity contribution in [3.05, 3.63) is 28.7 Å². The molecule has 2 aliphatic heterocycles. The van der Waals surface area contributed by atoms with Crippen molar-refractivity contribution in [2.45, 2.75) is 17.4 Å². The van der Waals surface area contributed by atoms with Gasteiger partial charge in [-0.3, -0.25) is 9.69 Å². The highest BCUT2D eigenvalue weighted by atomic mass is 32.2. The molecule has 1 aromatic rings. The summed E-state index contributed by atoms with van der Waals surface area (Å²) in [5.41, 5.74) is -0.469. The molecule has 21 heavy (non-hydrogen) atoms. The highest BCUT2D eigenvalue weighted by Gasteiger charge is 2.36. The quantitative estimate of drug-likeness (QED) is 0.811. The van der Waals surface area contributed by atoms with Crippen LogP contribution < -0.4 is 5.43 Å². The number of aromatic amines is 1. The number of morpholine rings is 1. The molecule has 1 N–H and O–H groups in total. The monoisotopic (exact) mass is 313 g/mol. The molecule has 1 aromatic heterocycles. The number of aromatic nitrogens is 1. The first-order valence-electron chi connectivity index (χ1n) is 7.08. The third kappa shape index (κ3) is 2.89. The van der Waals surface area contributed by atoms with Gasteiger partial charge in [0, 0.05) is 50.7 Å². The first-order valence-corrected chi connectivity index (χ1v) is 8.52. The van der Waals surface area contributed by atoms with E-state index in [9.17, 15) is 13.2 Å². The second kappa shape index (κ2) is 5.88. The molecule has 1 unspecified atom stereocenters. The van der Waals surface area contributed by atoms with E-state index in [0.29, 0.717) is 26.3 Å². The largest absolute Gasteiger partial charge is 0.379 e. The predicted molar refractivity (Wildman–Crippen MR) is 76.6 cm³/mol. The van der Waals surface area contributed by atoms with Crippen LogP contribution in [0.25, 0.3) is 0 Å². The Hall–Kier alpha value is -1.22. The maximum atomic E-state index is 12.5. The van der Waals surface area contributed by atoms with Crippen molar-refractivity contribution in [3.8, 4) is 0 Å². The Labute approximate surface area is 123 Å². The Morgan fingerprint density at radius 1 is 1.24 bits per heavy atom. The maximum Gasteiger partial charge on any atom is 0.248 e. The average molecular weight is 313 g/mol. The molecule has 0 spiro atoms. The number of nitrogens with zero attached hydrogens (tertiary/aromatic N) is 2. The van der Waals surface area contributed by atoms with Crippen molar-refractivity contribution in [1.82, 2.24) is 14.2 Å². The van der Waals surface area contributed by atoms with Crippen LogP contribution in [0.1, 0.15) is 6.42 Å². The van der Waals surface area contributed by atoms with E-state index in [1.165, 1.54) is 22.8 Å². The standard InChI is InChI=1S/C13H19N3O4S/c17-12-1-3-14-9-13(12)21(18,19)16-4-2-11(10-16)15-5-7-20-8-6-15/h1,3,9,11H,2,4-8,10H2,(H,14,17). The Morgan fingerprint density at radius 2 is 2.00 bits per heavy atom. The topological polar surface area (TPSA) is 82.7 Å². The molecule has 0 radical (unpaired) electrons. The third-order valence-corrected chi connectivity index (χ3v) is 5.98. The molecule has 3 heterocycles. The van der Waals surface area contributed by atoms with Crippen molar-refractivity contribution in [1.29, 1.82) is 0 Å². The van der Waals surface area contributed by atoms with Crippen molar-refractivity contribution >= 4 is 10.0 Å². The summed E-state index contributed by atoms with van der Waals surface area (Å²) < 4.78 is 31.8. The first-order chi connectivity index (χ1) is 10.1. The van der Waals surface area contributed by atoms with E-state index in [2.05, 4.69) is 9.88 Å². The third-order valence-electron chi connectivity index (χ3n) is 4.09. The fraction of sp³-hybridized carbons (Fsp3) is 0.615. The second-order valence-electron chi connectivity index (χ2n) is 5.33. The highest BCUT2D eigenvalue weighted by Crippen LogP contribution is 2.22. The first kappa shape index (κ1) is 14.7. The van der Waals surface area contributed by atoms with E-state index in [1.807, 2.05) is 0 Å². The predicted octanol–water partition coefficient (Wildman–Crippen LogP) is -0.530. The maximum absolute atomic E-state index is 12.5. The zero-order chi connectivity index (χ0) is 14.9. The van der Waals surface area contributed by atoms with Crippen LogP contribution in [0.3, 0.4) is 0 Å². The molecule has 0 aromatic carbocycles. The Bertz CT molecular complexity index is 651. The van der Waals surface area contributed by atoms with Crippen LogP contribution in [-0.2, 0) is 14.8 Å². The van der Waals surface area contributed by atoms with Crippen molar-refractivity contribution in [3.63, 3.8) is 0 Å². The Kier molecular flexibility index (Phi) is 4.12. The van der Waals surface area contributed by atoms with Gasteiger partial charge in [0.05, 0.1) is 13.2 Å². The Morgan fingerprint density at radius 3 is 2.71 bits per heavy atom. The lowest BCUT2D eigenvalue weighted by Gasteiger charge is -2.32. The number of ether oxygens (including phenoxy) is 1.